The molecule has 9 nitrogen and oxygen atoms in total. The van der Waals surface area contributed by atoms with Crippen molar-refractivity contribution >= 4 is 27.5 Å². The number of alkyl halides is 3. The first-order valence-electron chi connectivity index (χ1n) is 10.8. The number of methoxy groups -OCH3 is 1. The van der Waals surface area contributed by atoms with Crippen molar-refractivity contribution in [3.63, 3.8) is 0 Å². The normalized spacial score (nSPS) is 17.3. The predicted molar refractivity (Wildman–Crippen MR) is 124 cm³/mol. The minimum atomic E-state index is -4.89. The standard InChI is InChI=1S/C23H26F3N3O6S/c1-22(32,23(24,25)26)15-4-6-16(7-5-15)28-20(30)19-18-9-8-17(36(33,34)11-10-35-3)12-14(18)13-29(19)21(31)27-2/h4-9,12,19,32H,10-11,13H2,1-3H3,(H,27,31)(H,28,30). The van der Waals surface area contributed by atoms with Gasteiger partial charge >= 0.3 is 12.2 Å². The van der Waals surface area contributed by atoms with E-state index in [0.29, 0.717) is 18.1 Å². The quantitative estimate of drug-likeness (QED) is 0.507. The summed E-state index contributed by atoms with van der Waals surface area (Å²) in [6.07, 6.45) is -4.89. The number of urea groups is 1. The summed E-state index contributed by atoms with van der Waals surface area (Å²) in [5.41, 5.74) is -2.46. The molecule has 0 aliphatic carbocycles. The third-order valence-corrected chi connectivity index (χ3v) is 7.64. The number of sulfone groups is 1. The number of amides is 3. The largest absolute Gasteiger partial charge is 0.421 e. The number of anilines is 1. The third kappa shape index (κ3) is 5.32. The molecule has 0 radical (unpaired) electrons. The second-order valence-corrected chi connectivity index (χ2v) is 10.5. The monoisotopic (exact) mass is 529 g/mol. The van der Waals surface area contributed by atoms with Gasteiger partial charge in [0.25, 0.3) is 5.91 Å². The molecule has 0 fully saturated rings. The number of rotatable bonds is 7. The Morgan fingerprint density at radius 1 is 1.17 bits per heavy atom. The number of nitrogens with zero attached hydrogens (tertiary/aromatic N) is 1. The van der Waals surface area contributed by atoms with E-state index in [4.69, 9.17) is 4.74 Å². The number of aliphatic hydroxyl groups is 1. The zero-order chi connectivity index (χ0) is 26.9. The molecule has 0 saturated carbocycles. The van der Waals surface area contributed by atoms with Crippen LogP contribution < -0.4 is 10.6 Å². The lowest BCUT2D eigenvalue weighted by molar-refractivity contribution is -0.258. The van der Waals surface area contributed by atoms with Crippen LogP contribution in [-0.4, -0.2) is 63.1 Å². The van der Waals surface area contributed by atoms with E-state index in [-0.39, 0.29) is 29.5 Å². The Morgan fingerprint density at radius 3 is 2.36 bits per heavy atom. The lowest BCUT2D eigenvalue weighted by Gasteiger charge is -2.27. The van der Waals surface area contributed by atoms with E-state index >= 15 is 0 Å². The van der Waals surface area contributed by atoms with E-state index in [1.807, 2.05) is 0 Å². The van der Waals surface area contributed by atoms with Gasteiger partial charge in [-0.05, 0) is 47.9 Å². The van der Waals surface area contributed by atoms with Crippen molar-refractivity contribution in [3.05, 3.63) is 59.2 Å². The van der Waals surface area contributed by atoms with Crippen molar-refractivity contribution in [2.24, 2.45) is 0 Å². The van der Waals surface area contributed by atoms with Gasteiger partial charge in [-0.25, -0.2) is 13.2 Å². The van der Waals surface area contributed by atoms with Gasteiger partial charge < -0.3 is 25.4 Å². The molecule has 1 heterocycles. The van der Waals surface area contributed by atoms with Crippen molar-refractivity contribution < 1.29 is 41.0 Å². The van der Waals surface area contributed by atoms with E-state index in [1.165, 1.54) is 49.4 Å². The Labute approximate surface area is 206 Å². The smallest absolute Gasteiger partial charge is 0.384 e. The van der Waals surface area contributed by atoms with Crippen LogP contribution in [0.5, 0.6) is 0 Å². The van der Waals surface area contributed by atoms with Gasteiger partial charge in [-0.3, -0.25) is 4.79 Å². The topological polar surface area (TPSA) is 125 Å². The number of hydrogen-bond donors (Lipinski definition) is 3. The maximum absolute atomic E-state index is 13.2. The molecule has 13 heteroatoms. The Kier molecular flexibility index (Phi) is 7.67. The predicted octanol–water partition coefficient (Wildman–Crippen LogP) is 2.71. The van der Waals surface area contributed by atoms with Gasteiger partial charge in [-0.2, -0.15) is 13.2 Å². The molecule has 2 atom stereocenters. The Balaban J connectivity index is 1.89. The SMILES string of the molecule is CNC(=O)N1Cc2cc(S(=O)(=O)CCOC)ccc2C1C(=O)Nc1ccc(C(C)(O)C(F)(F)F)cc1. The van der Waals surface area contributed by atoms with Gasteiger partial charge in [0, 0.05) is 26.4 Å². The number of halogens is 3. The molecule has 0 spiro atoms. The Bertz CT molecular complexity index is 1250. The summed E-state index contributed by atoms with van der Waals surface area (Å²) in [6, 6.07) is 7.03. The van der Waals surface area contributed by atoms with Gasteiger partial charge in [-0.1, -0.05) is 18.2 Å². The van der Waals surface area contributed by atoms with Crippen molar-refractivity contribution in [1.82, 2.24) is 10.2 Å². The molecule has 1 aliphatic rings. The highest BCUT2D eigenvalue weighted by atomic mass is 32.2. The second-order valence-electron chi connectivity index (χ2n) is 8.39. The van der Waals surface area contributed by atoms with Crippen molar-refractivity contribution in [1.29, 1.82) is 0 Å². The fraction of sp³-hybridized carbons (Fsp3) is 0.391. The lowest BCUT2D eigenvalue weighted by atomic mass is 9.95. The molecular formula is C23H26F3N3O6S. The van der Waals surface area contributed by atoms with Gasteiger partial charge in [0.1, 0.15) is 6.04 Å². The summed E-state index contributed by atoms with van der Waals surface area (Å²) in [6.45, 7) is 0.598. The minimum Gasteiger partial charge on any atom is -0.384 e. The second kappa shape index (κ2) is 10.1. The lowest BCUT2D eigenvalue weighted by Crippen LogP contribution is -2.41. The summed E-state index contributed by atoms with van der Waals surface area (Å²) >= 11 is 0. The highest BCUT2D eigenvalue weighted by Crippen LogP contribution is 2.39. The summed E-state index contributed by atoms with van der Waals surface area (Å²) in [4.78, 5) is 26.9. The number of fused-ring (bicyclic) bond motifs is 1. The van der Waals surface area contributed by atoms with Crippen LogP contribution in [0.2, 0.25) is 0 Å². The van der Waals surface area contributed by atoms with Crippen molar-refractivity contribution in [2.45, 2.75) is 36.2 Å². The van der Waals surface area contributed by atoms with Gasteiger partial charge in [-0.15, -0.1) is 0 Å². The summed E-state index contributed by atoms with van der Waals surface area (Å²) in [7, 11) is -0.880. The summed E-state index contributed by atoms with van der Waals surface area (Å²) < 4.78 is 69.2. The van der Waals surface area contributed by atoms with Crippen LogP contribution in [0.3, 0.4) is 0 Å². The summed E-state index contributed by atoms with van der Waals surface area (Å²) in [5.74, 6) is -0.884. The number of nitrogens with one attached hydrogen (secondary N) is 2. The van der Waals surface area contributed by atoms with Crippen LogP contribution in [0.1, 0.15) is 29.7 Å². The van der Waals surface area contributed by atoms with Gasteiger partial charge in [0.05, 0.1) is 17.3 Å². The van der Waals surface area contributed by atoms with Crippen LogP contribution in [0.4, 0.5) is 23.7 Å². The van der Waals surface area contributed by atoms with Crippen LogP contribution in [0.15, 0.2) is 47.4 Å². The molecule has 3 N–H and O–H groups in total. The van der Waals surface area contributed by atoms with Crippen LogP contribution in [0.25, 0.3) is 0 Å². The maximum atomic E-state index is 13.2. The molecule has 3 amide bonds. The van der Waals surface area contributed by atoms with Crippen LogP contribution in [-0.2, 0) is 31.5 Å². The number of carbonyl (C=O) groups is 2. The number of hydrogen-bond acceptors (Lipinski definition) is 6. The highest BCUT2D eigenvalue weighted by Gasteiger charge is 2.51. The zero-order valence-electron chi connectivity index (χ0n) is 19.7. The van der Waals surface area contributed by atoms with Gasteiger partial charge in [0.15, 0.2) is 15.4 Å². The van der Waals surface area contributed by atoms with E-state index < -0.39 is 45.2 Å². The van der Waals surface area contributed by atoms with E-state index in [9.17, 15) is 36.3 Å². The van der Waals surface area contributed by atoms with E-state index in [0.717, 1.165) is 12.1 Å². The molecular weight excluding hydrogens is 503 g/mol. The number of carbonyl (C=O) groups excluding carboxylic acids is 2. The number of ether oxygens (including phenoxy) is 1. The minimum absolute atomic E-state index is 0.00596. The van der Waals surface area contributed by atoms with E-state index in [1.54, 1.807) is 0 Å². The van der Waals surface area contributed by atoms with Crippen molar-refractivity contribution in [2.75, 3.05) is 31.8 Å². The fourth-order valence-corrected chi connectivity index (χ4v) is 5.02. The van der Waals surface area contributed by atoms with Crippen LogP contribution >= 0.6 is 0 Å². The first-order valence-corrected chi connectivity index (χ1v) is 12.4. The van der Waals surface area contributed by atoms with E-state index in [2.05, 4.69) is 10.6 Å². The molecule has 0 bridgehead atoms. The van der Waals surface area contributed by atoms with Gasteiger partial charge in [0.2, 0.25) is 0 Å². The molecule has 2 unspecified atom stereocenters. The fourth-order valence-electron chi connectivity index (χ4n) is 3.80. The first kappa shape index (κ1) is 27.4. The van der Waals surface area contributed by atoms with Crippen LogP contribution in [0, 0.1) is 0 Å². The number of benzene rings is 2. The highest BCUT2D eigenvalue weighted by molar-refractivity contribution is 7.91. The third-order valence-electron chi connectivity index (χ3n) is 5.97. The molecule has 3 rings (SSSR count). The summed E-state index contributed by atoms with van der Waals surface area (Å²) in [5, 5.41) is 14.8. The molecule has 0 aromatic heterocycles. The zero-order valence-corrected chi connectivity index (χ0v) is 20.5. The Hall–Kier alpha value is -3.16. The van der Waals surface area contributed by atoms with Crippen molar-refractivity contribution in [3.8, 4) is 0 Å². The average molecular weight is 530 g/mol. The molecule has 196 valence electrons. The Morgan fingerprint density at radius 2 is 1.81 bits per heavy atom. The molecule has 36 heavy (non-hydrogen) atoms. The molecule has 1 aliphatic heterocycles. The average Bonchev–Trinajstić information content (AvgIpc) is 3.21. The maximum Gasteiger partial charge on any atom is 0.421 e. The molecule has 2 aromatic carbocycles. The molecule has 2 aromatic rings. The first-order chi connectivity index (χ1) is 16.7. The molecule has 0 saturated heterocycles.